The highest BCUT2D eigenvalue weighted by Gasteiger charge is 2.27. The van der Waals surface area contributed by atoms with Crippen LogP contribution in [0.1, 0.15) is 19.4 Å². The van der Waals surface area contributed by atoms with Gasteiger partial charge in [-0.2, -0.15) is 5.10 Å². The molecule has 8 heteroatoms. The summed E-state index contributed by atoms with van der Waals surface area (Å²) in [5.41, 5.74) is 4.88. The first kappa shape index (κ1) is 19.0. The molecule has 0 aliphatic carbocycles. The molecule has 2 aromatic carbocycles. The molecule has 1 amide bonds. The summed E-state index contributed by atoms with van der Waals surface area (Å²) in [7, 11) is 0. The largest absolute Gasteiger partial charge is 0.373 e. The minimum atomic E-state index is -0.251. The van der Waals surface area contributed by atoms with Crippen molar-refractivity contribution >= 4 is 34.0 Å². The van der Waals surface area contributed by atoms with Crippen LogP contribution in [0.25, 0.3) is 22.3 Å². The number of carbonyl (C=O) groups excluding carboxylic acids is 1. The molecule has 1 aliphatic heterocycles. The molecule has 156 valence electrons. The molecule has 8 nitrogen and oxygen atoms in total. The van der Waals surface area contributed by atoms with Crippen LogP contribution in [0, 0.1) is 0 Å². The Balaban J connectivity index is 1.35. The van der Waals surface area contributed by atoms with E-state index >= 15 is 0 Å². The van der Waals surface area contributed by atoms with Crippen molar-refractivity contribution in [3.8, 4) is 11.4 Å². The van der Waals surface area contributed by atoms with Crippen LogP contribution < -0.4 is 16.0 Å². The van der Waals surface area contributed by atoms with Crippen LogP contribution >= 0.6 is 0 Å². The van der Waals surface area contributed by atoms with Gasteiger partial charge in [0.05, 0.1) is 11.7 Å². The van der Waals surface area contributed by atoms with Gasteiger partial charge in [0.15, 0.2) is 5.82 Å². The predicted octanol–water partition coefficient (Wildman–Crippen LogP) is 3.62. The average Bonchev–Trinajstić information content (AvgIpc) is 3.39. The fraction of sp³-hybridized carbons (Fsp3) is 0.217. The van der Waals surface area contributed by atoms with E-state index in [1.54, 1.807) is 12.4 Å². The molecule has 5 rings (SSSR count). The van der Waals surface area contributed by atoms with Gasteiger partial charge < -0.3 is 16.0 Å². The molecule has 0 fully saturated rings. The molecule has 4 aromatic rings. The molecular formula is C23H23N7O. The summed E-state index contributed by atoms with van der Waals surface area (Å²) in [6.45, 7) is 3.92. The van der Waals surface area contributed by atoms with Gasteiger partial charge in [0.2, 0.25) is 5.91 Å². The Labute approximate surface area is 179 Å². The van der Waals surface area contributed by atoms with Gasteiger partial charge in [-0.05, 0) is 49.7 Å². The smallest absolute Gasteiger partial charge is 0.243 e. The zero-order valence-electron chi connectivity index (χ0n) is 17.3. The first-order chi connectivity index (χ1) is 15.0. The standard InChI is InChI=1S/C23H23N7O/c1-13(2)26-23(31)20-10-14-3-4-15(11-19(14)28-20)22-24-8-7-21(29-22)27-17-5-6-18-16(9-17)12-25-30-18/h3-9,11-13,20,28H,10H2,1-2H3,(H,25,30)(H,26,31)(H,24,27,29). The Kier molecular flexibility index (Phi) is 4.74. The van der Waals surface area contributed by atoms with Crippen LogP contribution in [-0.4, -0.2) is 38.2 Å². The summed E-state index contributed by atoms with van der Waals surface area (Å²) in [6, 6.07) is 13.7. The third-order valence-electron chi connectivity index (χ3n) is 5.24. The third-order valence-corrected chi connectivity index (χ3v) is 5.24. The van der Waals surface area contributed by atoms with Crippen LogP contribution in [0.15, 0.2) is 54.9 Å². The number of carbonyl (C=O) groups is 1. The van der Waals surface area contributed by atoms with Gasteiger partial charge in [-0.15, -0.1) is 0 Å². The van der Waals surface area contributed by atoms with E-state index in [9.17, 15) is 4.79 Å². The molecule has 2 aromatic heterocycles. The van der Waals surface area contributed by atoms with E-state index in [0.717, 1.165) is 33.4 Å². The lowest BCUT2D eigenvalue weighted by atomic mass is 10.1. The average molecular weight is 413 g/mol. The van der Waals surface area contributed by atoms with Crippen molar-refractivity contribution < 1.29 is 4.79 Å². The monoisotopic (exact) mass is 413 g/mol. The maximum Gasteiger partial charge on any atom is 0.243 e. The van der Waals surface area contributed by atoms with Crippen molar-refractivity contribution in [2.45, 2.75) is 32.4 Å². The Morgan fingerprint density at radius 1 is 1.16 bits per heavy atom. The predicted molar refractivity (Wildman–Crippen MR) is 121 cm³/mol. The van der Waals surface area contributed by atoms with E-state index in [4.69, 9.17) is 0 Å². The number of H-pyrrole nitrogens is 1. The first-order valence-corrected chi connectivity index (χ1v) is 10.3. The molecule has 0 spiro atoms. The van der Waals surface area contributed by atoms with Crippen LogP contribution in [0.5, 0.6) is 0 Å². The highest BCUT2D eigenvalue weighted by molar-refractivity contribution is 5.88. The lowest BCUT2D eigenvalue weighted by molar-refractivity contribution is -0.122. The van der Waals surface area contributed by atoms with Crippen LogP contribution in [0.2, 0.25) is 0 Å². The number of nitrogens with one attached hydrogen (secondary N) is 4. The molecule has 1 aliphatic rings. The second-order valence-corrected chi connectivity index (χ2v) is 8.00. The number of benzene rings is 2. The summed E-state index contributed by atoms with van der Waals surface area (Å²) in [5, 5.41) is 17.6. The number of rotatable bonds is 5. The van der Waals surface area contributed by atoms with Gasteiger partial charge >= 0.3 is 0 Å². The molecule has 0 saturated carbocycles. The molecule has 3 heterocycles. The molecule has 0 saturated heterocycles. The second-order valence-electron chi connectivity index (χ2n) is 8.00. The van der Waals surface area contributed by atoms with Crippen molar-refractivity contribution in [2.75, 3.05) is 10.6 Å². The summed E-state index contributed by atoms with van der Waals surface area (Å²) in [6.07, 6.45) is 4.20. The number of amides is 1. The topological polar surface area (TPSA) is 108 Å². The number of hydrogen-bond donors (Lipinski definition) is 4. The Morgan fingerprint density at radius 3 is 2.94 bits per heavy atom. The van der Waals surface area contributed by atoms with E-state index in [1.807, 2.05) is 56.3 Å². The van der Waals surface area contributed by atoms with Gasteiger partial charge in [-0.25, -0.2) is 9.97 Å². The van der Waals surface area contributed by atoms with Crippen molar-refractivity contribution in [2.24, 2.45) is 0 Å². The normalized spacial score (nSPS) is 15.0. The third kappa shape index (κ3) is 3.92. The van der Waals surface area contributed by atoms with Crippen LogP contribution in [-0.2, 0) is 11.2 Å². The number of aromatic amines is 1. The van der Waals surface area contributed by atoms with Crippen molar-refractivity contribution in [3.63, 3.8) is 0 Å². The van der Waals surface area contributed by atoms with Crippen molar-refractivity contribution in [1.82, 2.24) is 25.5 Å². The van der Waals surface area contributed by atoms with Gasteiger partial charge in [-0.3, -0.25) is 9.89 Å². The zero-order chi connectivity index (χ0) is 21.4. The van der Waals surface area contributed by atoms with E-state index < -0.39 is 0 Å². The molecule has 0 bridgehead atoms. The van der Waals surface area contributed by atoms with Gasteiger partial charge in [0.1, 0.15) is 11.9 Å². The summed E-state index contributed by atoms with van der Waals surface area (Å²) >= 11 is 0. The van der Waals surface area contributed by atoms with E-state index in [-0.39, 0.29) is 18.0 Å². The number of nitrogens with zero attached hydrogens (tertiary/aromatic N) is 3. The molecule has 1 atom stereocenters. The summed E-state index contributed by atoms with van der Waals surface area (Å²) in [4.78, 5) is 21.5. The van der Waals surface area contributed by atoms with Crippen LogP contribution in [0.3, 0.4) is 0 Å². The molecular weight excluding hydrogens is 390 g/mol. The Bertz CT molecular complexity index is 1260. The van der Waals surface area contributed by atoms with Gasteiger partial charge in [0.25, 0.3) is 0 Å². The highest BCUT2D eigenvalue weighted by Crippen LogP contribution is 2.30. The van der Waals surface area contributed by atoms with E-state index in [1.165, 1.54) is 0 Å². The number of anilines is 3. The second kappa shape index (κ2) is 7.71. The molecule has 1 unspecified atom stereocenters. The SMILES string of the molecule is CC(C)NC(=O)C1Cc2ccc(-c3nccc(Nc4ccc5[nH]ncc5c4)n3)cc2N1. The van der Waals surface area contributed by atoms with E-state index in [0.29, 0.717) is 18.1 Å². The van der Waals surface area contributed by atoms with Gasteiger partial charge in [-0.1, -0.05) is 12.1 Å². The fourth-order valence-corrected chi connectivity index (χ4v) is 3.77. The summed E-state index contributed by atoms with van der Waals surface area (Å²) < 4.78 is 0. The maximum atomic E-state index is 12.3. The lowest BCUT2D eigenvalue weighted by Gasteiger charge is -2.14. The lowest BCUT2D eigenvalue weighted by Crippen LogP contribution is -2.41. The number of aromatic nitrogens is 4. The van der Waals surface area contributed by atoms with Gasteiger partial charge in [0, 0.05) is 41.0 Å². The van der Waals surface area contributed by atoms with Crippen molar-refractivity contribution in [3.05, 3.63) is 60.4 Å². The Hall–Kier alpha value is -3.94. The van der Waals surface area contributed by atoms with E-state index in [2.05, 4.69) is 36.1 Å². The summed E-state index contributed by atoms with van der Waals surface area (Å²) in [5.74, 6) is 1.34. The number of fused-ring (bicyclic) bond motifs is 2. The molecule has 4 N–H and O–H groups in total. The zero-order valence-corrected chi connectivity index (χ0v) is 17.3. The quantitative estimate of drug-likeness (QED) is 0.398. The number of hydrogen-bond acceptors (Lipinski definition) is 6. The maximum absolute atomic E-state index is 12.3. The molecule has 31 heavy (non-hydrogen) atoms. The Morgan fingerprint density at radius 2 is 2.06 bits per heavy atom. The fourth-order valence-electron chi connectivity index (χ4n) is 3.77. The first-order valence-electron chi connectivity index (χ1n) is 10.3. The minimum Gasteiger partial charge on any atom is -0.373 e. The van der Waals surface area contributed by atoms with Crippen molar-refractivity contribution in [1.29, 1.82) is 0 Å². The minimum absolute atomic E-state index is 0.0183. The highest BCUT2D eigenvalue weighted by atomic mass is 16.2. The van der Waals surface area contributed by atoms with Crippen LogP contribution in [0.4, 0.5) is 17.2 Å². The molecule has 0 radical (unpaired) electrons.